The summed E-state index contributed by atoms with van der Waals surface area (Å²) in [6, 6.07) is 0. The molecule has 2 heterocycles. The monoisotopic (exact) mass is 312 g/mol. The lowest BCUT2D eigenvalue weighted by Gasteiger charge is -2.19. The molecule has 124 valence electrons. The zero-order valence-corrected chi connectivity index (χ0v) is 12.6. The number of ether oxygens (including phenoxy) is 1. The fourth-order valence-electron chi connectivity index (χ4n) is 3.12. The second kappa shape index (κ2) is 6.52. The van der Waals surface area contributed by atoms with Crippen LogP contribution in [0.1, 0.15) is 32.1 Å². The number of nitrogens with one attached hydrogen (secondary N) is 1. The Balaban J connectivity index is 1.48. The van der Waals surface area contributed by atoms with Gasteiger partial charge in [0.1, 0.15) is 18.3 Å². The van der Waals surface area contributed by atoms with E-state index in [2.05, 4.69) is 5.32 Å². The standard InChI is InChI=1S/C15H24N2O5/c18-12(17-5-1-2-6-17)7-10-13(19)14(20)11(22-10)8-16-15(21)9-3-4-9/h9-11,13-14,19-20H,1-8H2,(H,16,21). The smallest absolute Gasteiger partial charge is 0.225 e. The summed E-state index contributed by atoms with van der Waals surface area (Å²) in [7, 11) is 0. The van der Waals surface area contributed by atoms with Crippen LogP contribution < -0.4 is 5.32 Å². The van der Waals surface area contributed by atoms with Crippen LogP contribution in [0.5, 0.6) is 0 Å². The van der Waals surface area contributed by atoms with Crippen molar-refractivity contribution in [3.05, 3.63) is 0 Å². The van der Waals surface area contributed by atoms with E-state index in [0.29, 0.717) is 0 Å². The van der Waals surface area contributed by atoms with Gasteiger partial charge in [-0.05, 0) is 25.7 Å². The highest BCUT2D eigenvalue weighted by atomic mass is 16.5. The Bertz CT molecular complexity index is 434. The van der Waals surface area contributed by atoms with Gasteiger partial charge in [0.2, 0.25) is 11.8 Å². The molecule has 22 heavy (non-hydrogen) atoms. The van der Waals surface area contributed by atoms with Crippen LogP contribution in [-0.2, 0) is 14.3 Å². The second-order valence-corrected chi connectivity index (χ2v) is 6.51. The molecule has 3 rings (SSSR count). The molecule has 0 aromatic rings. The summed E-state index contributed by atoms with van der Waals surface area (Å²) >= 11 is 0. The lowest BCUT2D eigenvalue weighted by Crippen LogP contribution is -2.40. The van der Waals surface area contributed by atoms with E-state index in [1.54, 1.807) is 4.90 Å². The molecule has 4 atom stereocenters. The molecule has 1 aliphatic carbocycles. The zero-order chi connectivity index (χ0) is 15.7. The average Bonchev–Trinajstić information content (AvgIpc) is 3.15. The van der Waals surface area contributed by atoms with Gasteiger partial charge in [0.25, 0.3) is 0 Å². The van der Waals surface area contributed by atoms with Crippen molar-refractivity contribution in [3.8, 4) is 0 Å². The van der Waals surface area contributed by atoms with Crippen molar-refractivity contribution >= 4 is 11.8 Å². The maximum atomic E-state index is 12.1. The first-order chi connectivity index (χ1) is 10.6. The second-order valence-electron chi connectivity index (χ2n) is 6.51. The van der Waals surface area contributed by atoms with Crippen LogP contribution in [0, 0.1) is 5.92 Å². The van der Waals surface area contributed by atoms with Gasteiger partial charge in [0.15, 0.2) is 0 Å². The molecule has 7 nitrogen and oxygen atoms in total. The highest BCUT2D eigenvalue weighted by Gasteiger charge is 2.44. The first kappa shape index (κ1) is 15.7. The Hall–Kier alpha value is -1.18. The highest BCUT2D eigenvalue weighted by molar-refractivity contribution is 5.80. The Morgan fingerprint density at radius 3 is 2.36 bits per heavy atom. The van der Waals surface area contributed by atoms with E-state index in [1.165, 1.54) is 0 Å². The van der Waals surface area contributed by atoms with Crippen molar-refractivity contribution in [1.29, 1.82) is 0 Å². The molecule has 0 aromatic carbocycles. The normalized spacial score (nSPS) is 34.9. The van der Waals surface area contributed by atoms with E-state index in [9.17, 15) is 19.8 Å². The van der Waals surface area contributed by atoms with E-state index in [-0.39, 0.29) is 30.7 Å². The summed E-state index contributed by atoms with van der Waals surface area (Å²) in [5, 5.41) is 22.8. The van der Waals surface area contributed by atoms with Gasteiger partial charge in [-0.3, -0.25) is 9.59 Å². The van der Waals surface area contributed by atoms with Crippen molar-refractivity contribution in [2.24, 2.45) is 5.92 Å². The number of nitrogens with zero attached hydrogens (tertiary/aromatic N) is 1. The lowest BCUT2D eigenvalue weighted by atomic mass is 10.1. The Kier molecular flexibility index (Phi) is 4.65. The van der Waals surface area contributed by atoms with Crippen LogP contribution in [-0.4, -0.2) is 71.0 Å². The number of aliphatic hydroxyl groups is 2. The van der Waals surface area contributed by atoms with Crippen LogP contribution in [0.3, 0.4) is 0 Å². The number of carbonyl (C=O) groups excluding carboxylic acids is 2. The predicted octanol–water partition coefficient (Wildman–Crippen LogP) is -0.986. The maximum absolute atomic E-state index is 12.1. The summed E-state index contributed by atoms with van der Waals surface area (Å²) in [5.41, 5.74) is 0. The largest absolute Gasteiger partial charge is 0.388 e. The molecule has 4 unspecified atom stereocenters. The van der Waals surface area contributed by atoms with Crippen molar-refractivity contribution in [1.82, 2.24) is 10.2 Å². The van der Waals surface area contributed by atoms with E-state index < -0.39 is 24.4 Å². The molecule has 2 saturated heterocycles. The summed E-state index contributed by atoms with van der Waals surface area (Å²) in [5.74, 6) is 0.0225. The predicted molar refractivity (Wildman–Crippen MR) is 76.8 cm³/mol. The number of carbonyl (C=O) groups is 2. The number of hydrogen-bond donors (Lipinski definition) is 3. The van der Waals surface area contributed by atoms with Crippen LogP contribution in [0.4, 0.5) is 0 Å². The number of amides is 2. The number of likely N-dealkylation sites (tertiary alicyclic amines) is 1. The van der Waals surface area contributed by atoms with Crippen LogP contribution in [0.2, 0.25) is 0 Å². The minimum Gasteiger partial charge on any atom is -0.388 e. The molecule has 0 aromatic heterocycles. The van der Waals surface area contributed by atoms with Crippen molar-refractivity contribution in [2.45, 2.75) is 56.5 Å². The fraction of sp³-hybridized carbons (Fsp3) is 0.867. The third-order valence-electron chi connectivity index (χ3n) is 4.72. The average molecular weight is 312 g/mol. The number of hydrogen-bond acceptors (Lipinski definition) is 5. The molecule has 7 heteroatoms. The number of rotatable bonds is 5. The highest BCUT2D eigenvalue weighted by Crippen LogP contribution is 2.29. The Morgan fingerprint density at radius 2 is 1.73 bits per heavy atom. The van der Waals surface area contributed by atoms with Gasteiger partial charge in [-0.2, -0.15) is 0 Å². The summed E-state index contributed by atoms with van der Waals surface area (Å²) < 4.78 is 5.60. The first-order valence-electron chi connectivity index (χ1n) is 8.13. The van der Waals surface area contributed by atoms with Gasteiger partial charge in [-0.15, -0.1) is 0 Å². The topological polar surface area (TPSA) is 99.1 Å². The Labute approximate surface area is 129 Å². The molecule has 3 aliphatic rings. The van der Waals surface area contributed by atoms with Crippen molar-refractivity contribution < 1.29 is 24.5 Å². The van der Waals surface area contributed by atoms with Gasteiger partial charge >= 0.3 is 0 Å². The van der Waals surface area contributed by atoms with E-state index in [1.807, 2.05) is 0 Å². The molecular formula is C15H24N2O5. The minimum absolute atomic E-state index is 0.0260. The maximum Gasteiger partial charge on any atom is 0.225 e. The zero-order valence-electron chi connectivity index (χ0n) is 12.6. The van der Waals surface area contributed by atoms with Gasteiger partial charge in [0.05, 0.1) is 12.5 Å². The van der Waals surface area contributed by atoms with Crippen molar-refractivity contribution in [3.63, 3.8) is 0 Å². The fourth-order valence-corrected chi connectivity index (χ4v) is 3.12. The lowest BCUT2D eigenvalue weighted by molar-refractivity contribution is -0.134. The molecule has 1 saturated carbocycles. The van der Waals surface area contributed by atoms with Crippen LogP contribution >= 0.6 is 0 Å². The molecule has 2 aliphatic heterocycles. The van der Waals surface area contributed by atoms with Gasteiger partial charge in [-0.1, -0.05) is 0 Å². The van der Waals surface area contributed by atoms with Gasteiger partial charge in [0, 0.05) is 25.6 Å². The molecule has 0 spiro atoms. The minimum atomic E-state index is -1.09. The van der Waals surface area contributed by atoms with E-state index >= 15 is 0 Å². The van der Waals surface area contributed by atoms with Crippen LogP contribution in [0.25, 0.3) is 0 Å². The summed E-state index contributed by atoms with van der Waals surface area (Å²) in [6.45, 7) is 1.68. The molecule has 0 bridgehead atoms. The van der Waals surface area contributed by atoms with Crippen molar-refractivity contribution in [2.75, 3.05) is 19.6 Å². The number of aliphatic hydroxyl groups excluding tert-OH is 2. The third kappa shape index (κ3) is 3.42. The molecular weight excluding hydrogens is 288 g/mol. The molecule has 0 radical (unpaired) electrons. The first-order valence-corrected chi connectivity index (χ1v) is 8.13. The molecule has 2 amide bonds. The molecule has 3 fully saturated rings. The third-order valence-corrected chi connectivity index (χ3v) is 4.72. The summed E-state index contributed by atoms with van der Waals surface area (Å²) in [4.78, 5) is 25.5. The van der Waals surface area contributed by atoms with Gasteiger partial charge in [-0.25, -0.2) is 0 Å². The van der Waals surface area contributed by atoms with E-state index in [4.69, 9.17) is 4.74 Å². The van der Waals surface area contributed by atoms with Gasteiger partial charge < -0.3 is 25.2 Å². The van der Waals surface area contributed by atoms with Crippen LogP contribution in [0.15, 0.2) is 0 Å². The quantitative estimate of drug-likeness (QED) is 0.606. The molecule has 3 N–H and O–H groups in total. The Morgan fingerprint density at radius 1 is 1.09 bits per heavy atom. The van der Waals surface area contributed by atoms with E-state index in [0.717, 1.165) is 38.8 Å². The summed E-state index contributed by atoms with van der Waals surface area (Å²) in [6.07, 6.45) is 0.401. The SMILES string of the molecule is O=C(NCC1OC(CC(=O)N2CCCC2)C(O)C1O)C1CC1.